The Labute approximate surface area is 84.9 Å². The van der Waals surface area contributed by atoms with Crippen LogP contribution in [-0.4, -0.2) is 29.0 Å². The lowest BCUT2D eigenvalue weighted by atomic mass is 10.2. The van der Waals surface area contributed by atoms with Crippen molar-refractivity contribution >= 4 is 0 Å². The Morgan fingerprint density at radius 3 is 3.00 bits per heavy atom. The highest BCUT2D eigenvalue weighted by molar-refractivity contribution is 5.08. The minimum atomic E-state index is 0.348. The van der Waals surface area contributed by atoms with Gasteiger partial charge >= 0.3 is 0 Å². The topological polar surface area (TPSA) is 42.2 Å². The van der Waals surface area contributed by atoms with E-state index in [2.05, 4.69) is 22.9 Å². The van der Waals surface area contributed by atoms with Gasteiger partial charge in [0.25, 0.3) is 0 Å². The van der Waals surface area contributed by atoms with E-state index in [4.69, 9.17) is 5.73 Å². The number of likely N-dealkylation sites (tertiary alicyclic amines) is 1. The average Bonchev–Trinajstić information content (AvgIpc) is 2.65. The van der Waals surface area contributed by atoms with Crippen LogP contribution in [0.15, 0.2) is 24.4 Å². The molecule has 76 valence electrons. The van der Waals surface area contributed by atoms with E-state index in [-0.39, 0.29) is 0 Å². The van der Waals surface area contributed by atoms with Gasteiger partial charge in [0.1, 0.15) is 0 Å². The fourth-order valence-electron chi connectivity index (χ4n) is 1.98. The first-order valence-corrected chi connectivity index (χ1v) is 5.18. The summed E-state index contributed by atoms with van der Waals surface area (Å²) in [7, 11) is 0. The van der Waals surface area contributed by atoms with Crippen LogP contribution in [0.4, 0.5) is 0 Å². The van der Waals surface area contributed by atoms with Gasteiger partial charge in [0.15, 0.2) is 0 Å². The van der Waals surface area contributed by atoms with Crippen molar-refractivity contribution in [2.45, 2.75) is 25.4 Å². The first-order valence-electron chi connectivity index (χ1n) is 5.18. The van der Waals surface area contributed by atoms with Crippen molar-refractivity contribution in [3.05, 3.63) is 30.1 Å². The van der Waals surface area contributed by atoms with Crippen molar-refractivity contribution in [2.24, 2.45) is 5.73 Å². The molecule has 0 radical (unpaired) electrons. The number of rotatable bonds is 2. The van der Waals surface area contributed by atoms with E-state index >= 15 is 0 Å². The Kier molecular flexibility index (Phi) is 2.79. The molecule has 1 saturated heterocycles. The van der Waals surface area contributed by atoms with Crippen LogP contribution in [0.3, 0.4) is 0 Å². The molecule has 1 aromatic heterocycles. The summed E-state index contributed by atoms with van der Waals surface area (Å²) in [6.45, 7) is 4.29. The highest BCUT2D eigenvalue weighted by Crippen LogP contribution is 2.21. The van der Waals surface area contributed by atoms with Crippen molar-refractivity contribution in [3.63, 3.8) is 0 Å². The van der Waals surface area contributed by atoms with Gasteiger partial charge in [-0.2, -0.15) is 0 Å². The average molecular weight is 191 g/mol. The minimum Gasteiger partial charge on any atom is -0.326 e. The van der Waals surface area contributed by atoms with E-state index in [0.717, 1.165) is 25.2 Å². The van der Waals surface area contributed by atoms with E-state index in [0.29, 0.717) is 12.1 Å². The Morgan fingerprint density at radius 1 is 1.57 bits per heavy atom. The zero-order valence-electron chi connectivity index (χ0n) is 8.56. The molecule has 0 amide bonds. The van der Waals surface area contributed by atoms with Gasteiger partial charge in [0.05, 0.1) is 5.69 Å². The molecule has 2 unspecified atom stereocenters. The molecule has 2 atom stereocenters. The molecule has 3 heteroatoms. The van der Waals surface area contributed by atoms with Crippen LogP contribution in [0.1, 0.15) is 25.1 Å². The third-order valence-electron chi connectivity index (χ3n) is 2.92. The normalized spacial score (nSPS) is 25.1. The molecule has 0 saturated carbocycles. The van der Waals surface area contributed by atoms with Gasteiger partial charge in [0, 0.05) is 31.4 Å². The number of nitrogens with two attached hydrogens (primary N) is 1. The summed E-state index contributed by atoms with van der Waals surface area (Å²) in [5.74, 6) is 0. The zero-order chi connectivity index (χ0) is 9.97. The van der Waals surface area contributed by atoms with Crippen LogP contribution in [0.25, 0.3) is 0 Å². The quantitative estimate of drug-likeness (QED) is 0.763. The molecule has 1 aromatic rings. The number of nitrogens with zero attached hydrogens (tertiary/aromatic N) is 2. The molecule has 0 bridgehead atoms. The molecule has 2 heterocycles. The molecule has 3 nitrogen and oxygen atoms in total. The number of aromatic nitrogens is 1. The van der Waals surface area contributed by atoms with Gasteiger partial charge < -0.3 is 5.73 Å². The second-order valence-corrected chi connectivity index (χ2v) is 3.97. The van der Waals surface area contributed by atoms with Gasteiger partial charge in [-0.05, 0) is 25.5 Å². The summed E-state index contributed by atoms with van der Waals surface area (Å²) < 4.78 is 0. The molecule has 2 rings (SSSR count). The second kappa shape index (κ2) is 4.07. The summed E-state index contributed by atoms with van der Waals surface area (Å²) in [4.78, 5) is 6.76. The van der Waals surface area contributed by atoms with Gasteiger partial charge in [0.2, 0.25) is 0 Å². The van der Waals surface area contributed by atoms with E-state index in [1.807, 2.05) is 18.3 Å². The molecule has 2 N–H and O–H groups in total. The third-order valence-corrected chi connectivity index (χ3v) is 2.92. The van der Waals surface area contributed by atoms with Crippen molar-refractivity contribution in [2.75, 3.05) is 13.1 Å². The maximum Gasteiger partial charge on any atom is 0.0572 e. The molecule has 1 aliphatic heterocycles. The lowest BCUT2D eigenvalue weighted by Crippen LogP contribution is -2.29. The summed E-state index contributed by atoms with van der Waals surface area (Å²) in [6, 6.07) is 6.81. The largest absolute Gasteiger partial charge is 0.326 e. The molecule has 1 aliphatic rings. The molecular formula is C11H17N3. The zero-order valence-corrected chi connectivity index (χ0v) is 8.56. The predicted octanol–water partition coefficient (Wildman–Crippen LogP) is 1.18. The fraction of sp³-hybridized carbons (Fsp3) is 0.545. The highest BCUT2D eigenvalue weighted by Gasteiger charge is 2.24. The van der Waals surface area contributed by atoms with E-state index in [1.165, 1.54) is 0 Å². The molecule has 0 aromatic carbocycles. The lowest BCUT2D eigenvalue weighted by molar-refractivity contribution is 0.255. The SMILES string of the molecule is CC(c1ccccn1)N1CCC(N)C1. The first kappa shape index (κ1) is 9.62. The van der Waals surface area contributed by atoms with Gasteiger partial charge in [-0.3, -0.25) is 9.88 Å². The highest BCUT2D eigenvalue weighted by atomic mass is 15.2. The molecule has 0 spiro atoms. The van der Waals surface area contributed by atoms with Crippen LogP contribution >= 0.6 is 0 Å². The maximum atomic E-state index is 5.88. The van der Waals surface area contributed by atoms with Gasteiger partial charge in [-0.1, -0.05) is 6.07 Å². The number of hydrogen-bond acceptors (Lipinski definition) is 3. The van der Waals surface area contributed by atoms with Crippen LogP contribution < -0.4 is 5.73 Å². The van der Waals surface area contributed by atoms with E-state index < -0.39 is 0 Å². The second-order valence-electron chi connectivity index (χ2n) is 3.97. The van der Waals surface area contributed by atoms with Crippen LogP contribution in [-0.2, 0) is 0 Å². The lowest BCUT2D eigenvalue weighted by Gasteiger charge is -2.23. The fourth-order valence-corrected chi connectivity index (χ4v) is 1.98. The predicted molar refractivity (Wildman–Crippen MR) is 56.8 cm³/mol. The first-order chi connectivity index (χ1) is 6.77. The molecule has 14 heavy (non-hydrogen) atoms. The Bertz CT molecular complexity index is 286. The van der Waals surface area contributed by atoms with Crippen molar-refractivity contribution < 1.29 is 0 Å². The Hall–Kier alpha value is -0.930. The Morgan fingerprint density at radius 2 is 2.43 bits per heavy atom. The van der Waals surface area contributed by atoms with Crippen molar-refractivity contribution in [1.82, 2.24) is 9.88 Å². The van der Waals surface area contributed by atoms with Crippen LogP contribution in [0.2, 0.25) is 0 Å². The third kappa shape index (κ3) is 1.94. The molecule has 1 fully saturated rings. The monoisotopic (exact) mass is 191 g/mol. The van der Waals surface area contributed by atoms with Crippen molar-refractivity contribution in [3.8, 4) is 0 Å². The van der Waals surface area contributed by atoms with Crippen molar-refractivity contribution in [1.29, 1.82) is 0 Å². The summed E-state index contributed by atoms with van der Waals surface area (Å²) in [5.41, 5.74) is 7.02. The minimum absolute atomic E-state index is 0.348. The Balaban J connectivity index is 2.05. The number of pyridine rings is 1. The van der Waals surface area contributed by atoms with Crippen LogP contribution in [0.5, 0.6) is 0 Å². The maximum absolute atomic E-state index is 5.88. The van der Waals surface area contributed by atoms with E-state index in [1.54, 1.807) is 0 Å². The smallest absolute Gasteiger partial charge is 0.0572 e. The van der Waals surface area contributed by atoms with Gasteiger partial charge in [-0.25, -0.2) is 0 Å². The van der Waals surface area contributed by atoms with E-state index in [9.17, 15) is 0 Å². The number of hydrogen-bond donors (Lipinski definition) is 1. The summed E-state index contributed by atoms with van der Waals surface area (Å²) >= 11 is 0. The standard InChI is InChI=1S/C11H17N3/c1-9(11-4-2-3-6-13-11)14-7-5-10(12)8-14/h2-4,6,9-10H,5,7-8,12H2,1H3. The molecular weight excluding hydrogens is 174 g/mol. The summed E-state index contributed by atoms with van der Waals surface area (Å²) in [6.07, 6.45) is 2.96. The molecule has 0 aliphatic carbocycles. The van der Waals surface area contributed by atoms with Crippen LogP contribution in [0, 0.1) is 0 Å². The summed E-state index contributed by atoms with van der Waals surface area (Å²) in [5, 5.41) is 0. The van der Waals surface area contributed by atoms with Gasteiger partial charge in [-0.15, -0.1) is 0 Å².